The van der Waals surface area contributed by atoms with Gasteiger partial charge in [0.1, 0.15) is 0 Å². The van der Waals surface area contributed by atoms with Crippen molar-refractivity contribution in [2.75, 3.05) is 6.61 Å². The molecule has 3 fully saturated rings. The van der Waals surface area contributed by atoms with Gasteiger partial charge >= 0.3 is 6.03 Å². The lowest BCUT2D eigenvalue weighted by Gasteiger charge is -2.27. The number of ether oxygens (including phenoxy) is 1. The normalized spacial score (nSPS) is 34.1. The highest BCUT2D eigenvalue weighted by molar-refractivity contribution is 6.42. The van der Waals surface area contributed by atoms with Crippen molar-refractivity contribution in [3.63, 3.8) is 0 Å². The molecule has 2 amide bonds. The van der Waals surface area contributed by atoms with Crippen molar-refractivity contribution in [2.24, 2.45) is 5.92 Å². The van der Waals surface area contributed by atoms with E-state index in [0.29, 0.717) is 28.6 Å². The van der Waals surface area contributed by atoms with Gasteiger partial charge in [0.05, 0.1) is 22.7 Å². The van der Waals surface area contributed by atoms with Crippen LogP contribution in [0.25, 0.3) is 0 Å². The highest BCUT2D eigenvalue weighted by atomic mass is 35.5. The lowest BCUT2D eigenvalue weighted by Crippen LogP contribution is -2.46. The molecule has 2 saturated heterocycles. The molecular weight excluding hydrogens is 323 g/mol. The third-order valence-corrected chi connectivity index (χ3v) is 5.87. The first kappa shape index (κ1) is 14.6. The van der Waals surface area contributed by atoms with Gasteiger partial charge in [-0.25, -0.2) is 4.79 Å². The van der Waals surface area contributed by atoms with Crippen LogP contribution in [0.15, 0.2) is 18.2 Å². The second-order valence-electron chi connectivity index (χ2n) is 6.39. The first-order valence-corrected chi connectivity index (χ1v) is 8.54. The van der Waals surface area contributed by atoms with Crippen LogP contribution < -0.4 is 5.32 Å². The highest BCUT2D eigenvalue weighted by Gasteiger charge is 2.47. The van der Waals surface area contributed by atoms with Gasteiger partial charge in [0.25, 0.3) is 0 Å². The van der Waals surface area contributed by atoms with E-state index >= 15 is 0 Å². The molecule has 6 heteroatoms. The van der Waals surface area contributed by atoms with Gasteiger partial charge < -0.3 is 15.0 Å². The minimum atomic E-state index is -0.465. The van der Waals surface area contributed by atoms with Crippen molar-refractivity contribution in [3.05, 3.63) is 33.8 Å². The summed E-state index contributed by atoms with van der Waals surface area (Å²) in [6, 6.07) is 5.89. The summed E-state index contributed by atoms with van der Waals surface area (Å²) in [7, 11) is 0. The van der Waals surface area contributed by atoms with E-state index in [2.05, 4.69) is 5.32 Å². The van der Waals surface area contributed by atoms with Crippen LogP contribution in [0.5, 0.6) is 0 Å². The minimum Gasteiger partial charge on any atom is -0.352 e. The average molecular weight is 341 g/mol. The van der Waals surface area contributed by atoms with Crippen LogP contribution in [-0.2, 0) is 4.74 Å². The second-order valence-corrected chi connectivity index (χ2v) is 7.21. The molecule has 1 saturated carbocycles. The molecule has 4 nitrogen and oxygen atoms in total. The fourth-order valence-electron chi connectivity index (χ4n) is 4.15. The quantitative estimate of drug-likeness (QED) is 0.840. The molecule has 0 radical (unpaired) electrons. The number of urea groups is 1. The summed E-state index contributed by atoms with van der Waals surface area (Å²) in [6.45, 7) is 0.566. The summed E-state index contributed by atoms with van der Waals surface area (Å²) in [5.41, 5.74) is 0.826. The minimum absolute atomic E-state index is 0.0204. The van der Waals surface area contributed by atoms with Crippen LogP contribution in [0.3, 0.4) is 0 Å². The van der Waals surface area contributed by atoms with Gasteiger partial charge in [-0.2, -0.15) is 0 Å². The molecule has 1 aromatic rings. The lowest BCUT2D eigenvalue weighted by atomic mass is 10.0. The first-order valence-electron chi connectivity index (χ1n) is 7.79. The Morgan fingerprint density at radius 3 is 2.91 bits per heavy atom. The maximum Gasteiger partial charge on any atom is 0.320 e. The van der Waals surface area contributed by atoms with Crippen LogP contribution in [0, 0.1) is 5.92 Å². The summed E-state index contributed by atoms with van der Waals surface area (Å²) in [5.74, 6) is 0.654. The molecule has 1 N–H and O–H groups in total. The average Bonchev–Trinajstić information content (AvgIpc) is 3.02. The molecule has 0 bridgehead atoms. The topological polar surface area (TPSA) is 41.6 Å². The Labute approximate surface area is 139 Å². The molecule has 2 aliphatic heterocycles. The zero-order chi connectivity index (χ0) is 15.3. The maximum atomic E-state index is 12.6. The molecule has 4 atom stereocenters. The monoisotopic (exact) mass is 340 g/mol. The number of amides is 2. The molecular formula is C16H18Cl2N2O2. The van der Waals surface area contributed by atoms with Crippen molar-refractivity contribution in [1.29, 1.82) is 0 Å². The van der Waals surface area contributed by atoms with Crippen LogP contribution in [0.2, 0.25) is 10.0 Å². The van der Waals surface area contributed by atoms with Gasteiger partial charge in [-0.15, -0.1) is 0 Å². The molecule has 22 heavy (non-hydrogen) atoms. The van der Waals surface area contributed by atoms with Gasteiger partial charge in [0, 0.05) is 11.6 Å². The molecule has 4 rings (SSSR count). The third kappa shape index (κ3) is 2.38. The molecule has 0 aromatic heterocycles. The number of hydrogen-bond donors (Lipinski definition) is 1. The number of nitrogens with zero attached hydrogens (tertiary/aromatic N) is 1. The smallest absolute Gasteiger partial charge is 0.320 e. The van der Waals surface area contributed by atoms with Crippen LogP contribution in [0.4, 0.5) is 4.79 Å². The zero-order valence-electron chi connectivity index (χ0n) is 12.1. The van der Waals surface area contributed by atoms with E-state index in [4.69, 9.17) is 27.9 Å². The Morgan fingerprint density at radius 1 is 1.23 bits per heavy atom. The van der Waals surface area contributed by atoms with Crippen molar-refractivity contribution in [3.8, 4) is 0 Å². The molecule has 1 aromatic carbocycles. The van der Waals surface area contributed by atoms with Crippen LogP contribution in [-0.4, -0.2) is 29.6 Å². The van der Waals surface area contributed by atoms with E-state index < -0.39 is 6.23 Å². The maximum absolute atomic E-state index is 12.6. The SMILES string of the molecule is O=C1N[C@H](c2ccc(Cl)c(Cl)c2)OC[C@H]2C[C@H]3CCC[C@H]3N12. The van der Waals surface area contributed by atoms with E-state index in [-0.39, 0.29) is 12.1 Å². The molecule has 0 unspecified atom stereocenters. The van der Waals surface area contributed by atoms with Gasteiger partial charge in [-0.3, -0.25) is 0 Å². The van der Waals surface area contributed by atoms with E-state index in [1.165, 1.54) is 12.8 Å². The lowest BCUT2D eigenvalue weighted by molar-refractivity contribution is 0.0326. The van der Waals surface area contributed by atoms with E-state index in [1.807, 2.05) is 11.0 Å². The van der Waals surface area contributed by atoms with Gasteiger partial charge in [-0.05, 0) is 37.3 Å². The Balaban J connectivity index is 1.56. The van der Waals surface area contributed by atoms with Gasteiger partial charge in [0.2, 0.25) is 0 Å². The van der Waals surface area contributed by atoms with E-state index in [0.717, 1.165) is 18.4 Å². The fourth-order valence-corrected chi connectivity index (χ4v) is 4.45. The van der Waals surface area contributed by atoms with Crippen molar-refractivity contribution in [1.82, 2.24) is 10.2 Å². The summed E-state index contributed by atoms with van der Waals surface area (Å²) < 4.78 is 5.96. The summed E-state index contributed by atoms with van der Waals surface area (Å²) in [4.78, 5) is 14.7. The number of nitrogens with one attached hydrogen (secondary N) is 1. The number of carbonyl (C=O) groups is 1. The Hall–Kier alpha value is -0.970. The largest absolute Gasteiger partial charge is 0.352 e. The summed E-state index contributed by atoms with van der Waals surface area (Å²) in [6.07, 6.45) is 4.18. The number of halogens is 2. The molecule has 2 heterocycles. The number of hydrogen-bond acceptors (Lipinski definition) is 2. The van der Waals surface area contributed by atoms with Crippen LogP contribution in [0.1, 0.15) is 37.5 Å². The second kappa shape index (κ2) is 5.59. The number of rotatable bonds is 1. The third-order valence-electron chi connectivity index (χ3n) is 5.14. The predicted octanol–water partition coefficient (Wildman–Crippen LogP) is 3.97. The first-order chi connectivity index (χ1) is 10.6. The van der Waals surface area contributed by atoms with Crippen molar-refractivity contribution < 1.29 is 9.53 Å². The summed E-state index contributed by atoms with van der Waals surface area (Å²) >= 11 is 12.0. The fraction of sp³-hybridized carbons (Fsp3) is 0.562. The van der Waals surface area contributed by atoms with Gasteiger partial charge in [-0.1, -0.05) is 35.7 Å². The summed E-state index contributed by atoms with van der Waals surface area (Å²) in [5, 5.41) is 3.96. The Morgan fingerprint density at radius 2 is 2.09 bits per heavy atom. The zero-order valence-corrected chi connectivity index (χ0v) is 13.6. The molecule has 0 spiro atoms. The highest BCUT2D eigenvalue weighted by Crippen LogP contribution is 2.42. The van der Waals surface area contributed by atoms with Crippen molar-refractivity contribution >= 4 is 29.2 Å². The Bertz CT molecular complexity index is 610. The number of fused-ring (bicyclic) bond motifs is 3. The molecule has 1 aliphatic carbocycles. The van der Waals surface area contributed by atoms with E-state index in [9.17, 15) is 4.79 Å². The van der Waals surface area contributed by atoms with E-state index in [1.54, 1.807) is 12.1 Å². The standard InChI is InChI=1S/C16H18Cl2N2O2/c17-12-5-4-10(7-13(12)18)15-19-16(21)20-11(8-22-15)6-9-2-1-3-14(9)20/h4-5,7,9,11,14-15H,1-3,6,8H2,(H,19,21)/t9-,11-,14-,15+/m1/s1. The van der Waals surface area contributed by atoms with Crippen LogP contribution >= 0.6 is 23.2 Å². The van der Waals surface area contributed by atoms with Crippen molar-refractivity contribution in [2.45, 2.75) is 44.0 Å². The number of benzene rings is 1. The number of carbonyl (C=O) groups excluding carboxylic acids is 1. The molecule has 118 valence electrons. The molecule has 3 aliphatic rings. The Kier molecular flexibility index (Phi) is 3.71. The van der Waals surface area contributed by atoms with Gasteiger partial charge in [0.15, 0.2) is 6.23 Å². The predicted molar refractivity (Wildman–Crippen MR) is 85.1 cm³/mol.